The summed E-state index contributed by atoms with van der Waals surface area (Å²) >= 11 is 0. The number of pyridine rings is 1. The number of aryl methyl sites for hydroxylation is 1. The molecule has 1 aromatic rings. The monoisotopic (exact) mass is 262 g/mol. The maximum Gasteiger partial charge on any atom is 0.496 e. The molecule has 2 N–H and O–H groups in total. The molecule has 1 amide bonds. The first kappa shape index (κ1) is 14.0. The molecule has 0 radical (unpaired) electrons. The summed E-state index contributed by atoms with van der Waals surface area (Å²) in [5, 5.41) is 0. The van der Waals surface area contributed by atoms with E-state index in [2.05, 4.69) is 4.98 Å². The molecule has 0 bridgehead atoms. The molecule has 6 heteroatoms. The van der Waals surface area contributed by atoms with Gasteiger partial charge in [-0.15, -0.1) is 0 Å². The van der Waals surface area contributed by atoms with Gasteiger partial charge >= 0.3 is 7.12 Å². The molecule has 1 aromatic heterocycles. The highest BCUT2D eigenvalue weighted by molar-refractivity contribution is 6.62. The Bertz CT molecular complexity index is 513. The largest absolute Gasteiger partial charge is 0.496 e. The molecular formula is C13H19BN2O3. The fourth-order valence-corrected chi connectivity index (χ4v) is 1.92. The first-order valence-electron chi connectivity index (χ1n) is 6.26. The van der Waals surface area contributed by atoms with Gasteiger partial charge in [-0.05, 0) is 46.2 Å². The molecule has 1 fully saturated rings. The normalized spacial score (nSPS) is 20.6. The Hall–Kier alpha value is -1.40. The van der Waals surface area contributed by atoms with Crippen LogP contribution in [-0.2, 0) is 9.31 Å². The molecule has 19 heavy (non-hydrogen) atoms. The second-order valence-corrected chi connectivity index (χ2v) is 5.88. The molecule has 2 rings (SSSR count). The van der Waals surface area contributed by atoms with Gasteiger partial charge in [0.15, 0.2) is 0 Å². The highest BCUT2D eigenvalue weighted by Gasteiger charge is 2.52. The van der Waals surface area contributed by atoms with Gasteiger partial charge in [-0.25, -0.2) is 0 Å². The average molecular weight is 262 g/mol. The number of aromatic nitrogens is 1. The van der Waals surface area contributed by atoms with E-state index in [1.54, 1.807) is 12.3 Å². The summed E-state index contributed by atoms with van der Waals surface area (Å²) in [5.41, 5.74) is 6.36. The third-order valence-corrected chi connectivity index (χ3v) is 3.91. The van der Waals surface area contributed by atoms with Crippen molar-refractivity contribution in [3.8, 4) is 0 Å². The lowest BCUT2D eigenvalue weighted by Crippen LogP contribution is -2.41. The Morgan fingerprint density at radius 1 is 1.26 bits per heavy atom. The first-order valence-corrected chi connectivity index (χ1v) is 6.26. The molecular weight excluding hydrogens is 243 g/mol. The number of hydrogen-bond donors (Lipinski definition) is 1. The van der Waals surface area contributed by atoms with E-state index in [0.717, 1.165) is 11.0 Å². The SMILES string of the molecule is Cc1cc(C(N)=O)ncc1B1OC(C)(C)C(C)(C)O1. The molecule has 0 saturated carbocycles. The summed E-state index contributed by atoms with van der Waals surface area (Å²) < 4.78 is 11.9. The third kappa shape index (κ3) is 2.38. The van der Waals surface area contributed by atoms with Crippen LogP contribution in [0.3, 0.4) is 0 Å². The topological polar surface area (TPSA) is 74.4 Å². The molecule has 5 nitrogen and oxygen atoms in total. The maximum atomic E-state index is 11.1. The van der Waals surface area contributed by atoms with Crippen molar-refractivity contribution in [3.63, 3.8) is 0 Å². The number of rotatable bonds is 2. The van der Waals surface area contributed by atoms with Crippen molar-refractivity contribution < 1.29 is 14.1 Å². The van der Waals surface area contributed by atoms with Crippen LogP contribution in [0.5, 0.6) is 0 Å². The zero-order chi connectivity index (χ0) is 14.4. The minimum atomic E-state index is -0.538. The highest BCUT2D eigenvalue weighted by Crippen LogP contribution is 2.36. The van der Waals surface area contributed by atoms with Crippen molar-refractivity contribution in [1.29, 1.82) is 0 Å². The maximum absolute atomic E-state index is 11.1. The van der Waals surface area contributed by atoms with Crippen LogP contribution in [0.2, 0.25) is 0 Å². The second kappa shape index (κ2) is 4.32. The van der Waals surface area contributed by atoms with Crippen molar-refractivity contribution in [2.45, 2.75) is 45.8 Å². The van der Waals surface area contributed by atoms with Crippen LogP contribution < -0.4 is 11.2 Å². The van der Waals surface area contributed by atoms with Crippen LogP contribution in [0.4, 0.5) is 0 Å². The zero-order valence-electron chi connectivity index (χ0n) is 12.0. The van der Waals surface area contributed by atoms with E-state index < -0.39 is 24.2 Å². The predicted octanol–water partition coefficient (Wildman–Crippen LogP) is 0.788. The highest BCUT2D eigenvalue weighted by atomic mass is 16.7. The van der Waals surface area contributed by atoms with Gasteiger partial charge in [0.2, 0.25) is 0 Å². The minimum absolute atomic E-state index is 0.248. The molecule has 2 heterocycles. The van der Waals surface area contributed by atoms with E-state index in [9.17, 15) is 4.79 Å². The van der Waals surface area contributed by atoms with Crippen molar-refractivity contribution in [2.75, 3.05) is 0 Å². The second-order valence-electron chi connectivity index (χ2n) is 5.88. The Kier molecular flexibility index (Phi) is 3.19. The van der Waals surface area contributed by atoms with E-state index in [1.165, 1.54) is 0 Å². The molecule has 1 aliphatic heterocycles. The van der Waals surface area contributed by atoms with Gasteiger partial charge < -0.3 is 15.0 Å². The fraction of sp³-hybridized carbons (Fsp3) is 0.538. The summed E-state index contributed by atoms with van der Waals surface area (Å²) in [7, 11) is -0.473. The quantitative estimate of drug-likeness (QED) is 0.799. The lowest BCUT2D eigenvalue weighted by molar-refractivity contribution is 0.00578. The molecule has 0 spiro atoms. The zero-order valence-corrected chi connectivity index (χ0v) is 12.0. The Morgan fingerprint density at radius 3 is 2.21 bits per heavy atom. The molecule has 0 aromatic carbocycles. The number of hydrogen-bond acceptors (Lipinski definition) is 4. The number of carbonyl (C=O) groups is 1. The molecule has 1 saturated heterocycles. The van der Waals surface area contributed by atoms with Gasteiger partial charge in [0.25, 0.3) is 5.91 Å². The summed E-state index contributed by atoms with van der Waals surface area (Å²) in [4.78, 5) is 15.1. The van der Waals surface area contributed by atoms with Crippen molar-refractivity contribution >= 4 is 18.5 Å². The van der Waals surface area contributed by atoms with Crippen LogP contribution in [0.25, 0.3) is 0 Å². The van der Waals surface area contributed by atoms with E-state index >= 15 is 0 Å². The van der Waals surface area contributed by atoms with E-state index in [-0.39, 0.29) is 5.69 Å². The third-order valence-electron chi connectivity index (χ3n) is 3.91. The number of carbonyl (C=O) groups excluding carboxylic acids is 1. The first-order chi connectivity index (χ1) is 8.64. The Labute approximate surface area is 113 Å². The van der Waals surface area contributed by atoms with Gasteiger partial charge in [-0.3, -0.25) is 9.78 Å². The van der Waals surface area contributed by atoms with Crippen LogP contribution in [0.1, 0.15) is 43.7 Å². The molecule has 1 aliphatic rings. The number of nitrogens with two attached hydrogens (primary N) is 1. The Balaban J connectivity index is 2.33. The summed E-state index contributed by atoms with van der Waals surface area (Å²) in [6.45, 7) is 9.86. The minimum Gasteiger partial charge on any atom is -0.399 e. The predicted molar refractivity (Wildman–Crippen MR) is 73.2 cm³/mol. The van der Waals surface area contributed by atoms with E-state index in [1.807, 2.05) is 34.6 Å². The van der Waals surface area contributed by atoms with E-state index in [4.69, 9.17) is 15.0 Å². The van der Waals surface area contributed by atoms with Gasteiger partial charge in [0, 0.05) is 11.7 Å². The van der Waals surface area contributed by atoms with Crippen molar-refractivity contribution in [1.82, 2.24) is 4.98 Å². The molecule has 102 valence electrons. The van der Waals surface area contributed by atoms with Gasteiger partial charge in [0.1, 0.15) is 5.69 Å². The lowest BCUT2D eigenvalue weighted by atomic mass is 9.77. The van der Waals surface area contributed by atoms with Gasteiger partial charge in [0.05, 0.1) is 11.2 Å². The van der Waals surface area contributed by atoms with Crippen LogP contribution in [0.15, 0.2) is 12.3 Å². The summed E-state index contributed by atoms with van der Waals surface area (Å²) in [6, 6.07) is 1.66. The van der Waals surface area contributed by atoms with E-state index in [0.29, 0.717) is 0 Å². The van der Waals surface area contributed by atoms with Crippen LogP contribution >= 0.6 is 0 Å². The molecule has 0 unspecified atom stereocenters. The van der Waals surface area contributed by atoms with Crippen molar-refractivity contribution in [3.05, 3.63) is 23.5 Å². The van der Waals surface area contributed by atoms with Crippen LogP contribution in [0, 0.1) is 6.92 Å². The number of amides is 1. The van der Waals surface area contributed by atoms with Gasteiger partial charge in [-0.1, -0.05) is 0 Å². The molecule has 0 aliphatic carbocycles. The summed E-state index contributed by atoms with van der Waals surface area (Å²) in [6.07, 6.45) is 1.59. The standard InChI is InChI=1S/C13H19BN2O3/c1-8-6-10(11(15)17)16-7-9(8)14-18-12(2,3)13(4,5)19-14/h6-7H,1-5H3,(H2,15,17). The van der Waals surface area contributed by atoms with Crippen LogP contribution in [-0.4, -0.2) is 29.2 Å². The molecule has 0 atom stereocenters. The fourth-order valence-electron chi connectivity index (χ4n) is 1.92. The average Bonchev–Trinajstić information content (AvgIpc) is 2.47. The smallest absolute Gasteiger partial charge is 0.399 e. The number of primary amides is 1. The number of nitrogens with zero attached hydrogens (tertiary/aromatic N) is 1. The lowest BCUT2D eigenvalue weighted by Gasteiger charge is -2.32. The van der Waals surface area contributed by atoms with Crippen molar-refractivity contribution in [2.24, 2.45) is 5.73 Å². The summed E-state index contributed by atoms with van der Waals surface area (Å²) in [5.74, 6) is -0.538. The van der Waals surface area contributed by atoms with Gasteiger partial charge in [-0.2, -0.15) is 0 Å². The Morgan fingerprint density at radius 2 is 1.79 bits per heavy atom.